The number of anilines is 1. The number of hydrogen-bond donors (Lipinski definition) is 2. The lowest BCUT2D eigenvalue weighted by Gasteiger charge is -2.29. The minimum Gasteiger partial charge on any atom is -0.383 e. The number of rotatable bonds is 4. The lowest BCUT2D eigenvalue weighted by atomic mass is 9.86. The van der Waals surface area contributed by atoms with Crippen molar-refractivity contribution in [2.24, 2.45) is 5.92 Å². The second-order valence-corrected chi connectivity index (χ2v) is 5.58. The molecule has 0 heterocycles. The predicted molar refractivity (Wildman–Crippen MR) is 81.5 cm³/mol. The third-order valence-electron chi connectivity index (χ3n) is 4.15. The predicted octanol–water partition coefficient (Wildman–Crippen LogP) is 2.95. The molecule has 0 unspecified atom stereocenters. The van der Waals surface area contributed by atoms with Gasteiger partial charge in [-0.2, -0.15) is 0 Å². The van der Waals surface area contributed by atoms with Crippen LogP contribution < -0.4 is 10.6 Å². The summed E-state index contributed by atoms with van der Waals surface area (Å²) in [4.78, 5) is 22.8. The fourth-order valence-corrected chi connectivity index (χ4v) is 2.82. The van der Waals surface area contributed by atoms with E-state index in [-0.39, 0.29) is 17.6 Å². The molecule has 1 amide bonds. The highest BCUT2D eigenvalue weighted by atomic mass is 16.6. The highest BCUT2D eigenvalue weighted by molar-refractivity contribution is 5.95. The first-order valence-electron chi connectivity index (χ1n) is 7.30. The van der Waals surface area contributed by atoms with E-state index in [1.165, 1.54) is 12.5 Å². The van der Waals surface area contributed by atoms with E-state index < -0.39 is 4.92 Å². The Hall–Kier alpha value is -2.11. The molecule has 21 heavy (non-hydrogen) atoms. The van der Waals surface area contributed by atoms with E-state index in [0.29, 0.717) is 17.2 Å². The van der Waals surface area contributed by atoms with E-state index in [0.717, 1.165) is 19.3 Å². The van der Waals surface area contributed by atoms with E-state index in [1.54, 1.807) is 19.2 Å². The SMILES string of the molecule is CNc1ccc(C(=O)N[C@@H]2CCCC[C@@H]2C)cc1[N+](=O)[O-]. The molecule has 0 spiro atoms. The van der Waals surface area contributed by atoms with Crippen LogP contribution in [0, 0.1) is 16.0 Å². The maximum Gasteiger partial charge on any atom is 0.293 e. The summed E-state index contributed by atoms with van der Waals surface area (Å²) >= 11 is 0. The van der Waals surface area contributed by atoms with Crippen molar-refractivity contribution in [1.82, 2.24) is 5.32 Å². The summed E-state index contributed by atoms with van der Waals surface area (Å²) in [5.74, 6) is 0.216. The van der Waals surface area contributed by atoms with Crippen molar-refractivity contribution in [3.8, 4) is 0 Å². The zero-order valence-corrected chi connectivity index (χ0v) is 12.4. The van der Waals surface area contributed by atoms with Crippen LogP contribution >= 0.6 is 0 Å². The molecule has 6 nitrogen and oxygen atoms in total. The van der Waals surface area contributed by atoms with Crippen molar-refractivity contribution in [3.05, 3.63) is 33.9 Å². The van der Waals surface area contributed by atoms with Gasteiger partial charge in [-0.25, -0.2) is 0 Å². The number of nitrogens with one attached hydrogen (secondary N) is 2. The fourth-order valence-electron chi connectivity index (χ4n) is 2.82. The molecule has 0 aliphatic heterocycles. The van der Waals surface area contributed by atoms with Crippen LogP contribution in [-0.2, 0) is 0 Å². The van der Waals surface area contributed by atoms with E-state index >= 15 is 0 Å². The molecule has 2 atom stereocenters. The first kappa shape index (κ1) is 15.3. The minimum absolute atomic E-state index is 0.0816. The summed E-state index contributed by atoms with van der Waals surface area (Å²) in [5, 5.41) is 16.8. The van der Waals surface area contributed by atoms with Crippen LogP contribution in [0.2, 0.25) is 0 Å². The van der Waals surface area contributed by atoms with Crippen LogP contribution in [0.25, 0.3) is 0 Å². The second-order valence-electron chi connectivity index (χ2n) is 5.58. The van der Waals surface area contributed by atoms with E-state index in [9.17, 15) is 14.9 Å². The van der Waals surface area contributed by atoms with Gasteiger partial charge in [-0.3, -0.25) is 14.9 Å². The van der Waals surface area contributed by atoms with Crippen LogP contribution in [0.4, 0.5) is 11.4 Å². The average Bonchev–Trinajstić information content (AvgIpc) is 2.48. The maximum atomic E-state index is 12.3. The van der Waals surface area contributed by atoms with Gasteiger partial charge in [-0.05, 0) is 30.9 Å². The summed E-state index contributed by atoms with van der Waals surface area (Å²) in [7, 11) is 1.62. The number of nitrogens with zero attached hydrogens (tertiary/aromatic N) is 1. The first-order valence-corrected chi connectivity index (χ1v) is 7.30. The van der Waals surface area contributed by atoms with Crippen molar-refractivity contribution in [3.63, 3.8) is 0 Å². The van der Waals surface area contributed by atoms with Gasteiger partial charge < -0.3 is 10.6 Å². The number of benzene rings is 1. The zero-order valence-electron chi connectivity index (χ0n) is 12.4. The molecule has 1 aliphatic rings. The standard InChI is InChI=1S/C15H21N3O3/c1-10-5-3-4-6-12(10)17-15(19)11-7-8-13(16-2)14(9-11)18(20)21/h7-10,12,16H,3-6H2,1-2H3,(H,17,19)/t10-,12+/m0/s1. The molecule has 1 aromatic carbocycles. The minimum atomic E-state index is -0.480. The molecule has 114 valence electrons. The summed E-state index contributed by atoms with van der Waals surface area (Å²) in [5.41, 5.74) is 0.655. The van der Waals surface area contributed by atoms with Crippen molar-refractivity contribution < 1.29 is 9.72 Å². The Bertz CT molecular complexity index is 545. The molecular weight excluding hydrogens is 270 g/mol. The molecule has 1 fully saturated rings. The molecule has 0 saturated heterocycles. The van der Waals surface area contributed by atoms with Gasteiger partial charge in [0.1, 0.15) is 5.69 Å². The molecule has 2 N–H and O–H groups in total. The highest BCUT2D eigenvalue weighted by Gasteiger charge is 2.24. The Kier molecular flexibility index (Phi) is 4.77. The number of carbonyl (C=O) groups excluding carboxylic acids is 1. The molecular formula is C15H21N3O3. The number of nitro benzene ring substituents is 1. The topological polar surface area (TPSA) is 84.3 Å². The Morgan fingerprint density at radius 3 is 2.67 bits per heavy atom. The van der Waals surface area contributed by atoms with Gasteiger partial charge in [-0.1, -0.05) is 19.8 Å². The Morgan fingerprint density at radius 1 is 1.33 bits per heavy atom. The highest BCUT2D eigenvalue weighted by Crippen LogP contribution is 2.26. The molecule has 0 aromatic heterocycles. The van der Waals surface area contributed by atoms with E-state index in [1.807, 2.05) is 0 Å². The van der Waals surface area contributed by atoms with Crippen LogP contribution in [0.15, 0.2) is 18.2 Å². The van der Waals surface area contributed by atoms with Gasteiger partial charge in [0, 0.05) is 24.7 Å². The van der Waals surface area contributed by atoms with Gasteiger partial charge in [-0.15, -0.1) is 0 Å². The summed E-state index contributed by atoms with van der Waals surface area (Å²) in [6, 6.07) is 4.67. The van der Waals surface area contributed by atoms with Crippen LogP contribution in [-0.4, -0.2) is 23.9 Å². The van der Waals surface area contributed by atoms with Gasteiger partial charge >= 0.3 is 0 Å². The van der Waals surface area contributed by atoms with Gasteiger partial charge in [0.05, 0.1) is 4.92 Å². The van der Waals surface area contributed by atoms with Crippen molar-refractivity contribution >= 4 is 17.3 Å². The van der Waals surface area contributed by atoms with Crippen molar-refractivity contribution in [1.29, 1.82) is 0 Å². The van der Waals surface area contributed by atoms with Gasteiger partial charge in [0.2, 0.25) is 0 Å². The molecule has 0 radical (unpaired) electrons. The van der Waals surface area contributed by atoms with E-state index in [4.69, 9.17) is 0 Å². The summed E-state index contributed by atoms with van der Waals surface area (Å²) < 4.78 is 0. The lowest BCUT2D eigenvalue weighted by Crippen LogP contribution is -2.41. The largest absolute Gasteiger partial charge is 0.383 e. The van der Waals surface area contributed by atoms with Crippen LogP contribution in [0.1, 0.15) is 43.0 Å². The molecule has 6 heteroatoms. The first-order chi connectivity index (χ1) is 10.0. The smallest absolute Gasteiger partial charge is 0.293 e. The van der Waals surface area contributed by atoms with Crippen molar-refractivity contribution in [2.75, 3.05) is 12.4 Å². The quantitative estimate of drug-likeness (QED) is 0.660. The van der Waals surface area contributed by atoms with Crippen LogP contribution in [0.5, 0.6) is 0 Å². The third-order valence-corrected chi connectivity index (χ3v) is 4.15. The number of carbonyl (C=O) groups is 1. The molecule has 1 aromatic rings. The van der Waals surface area contributed by atoms with Crippen LogP contribution in [0.3, 0.4) is 0 Å². The number of nitro groups is 1. The Balaban J connectivity index is 2.15. The summed E-state index contributed by atoms with van der Waals surface area (Å²) in [6.07, 6.45) is 4.41. The average molecular weight is 291 g/mol. The molecule has 1 aliphatic carbocycles. The number of amides is 1. The lowest BCUT2D eigenvalue weighted by molar-refractivity contribution is -0.384. The van der Waals surface area contributed by atoms with E-state index in [2.05, 4.69) is 17.6 Å². The van der Waals surface area contributed by atoms with Gasteiger partial charge in [0.25, 0.3) is 11.6 Å². The molecule has 0 bridgehead atoms. The normalized spacial score (nSPS) is 21.6. The number of hydrogen-bond acceptors (Lipinski definition) is 4. The second kappa shape index (κ2) is 6.56. The zero-order chi connectivity index (χ0) is 15.4. The monoisotopic (exact) mass is 291 g/mol. The Labute approximate surface area is 124 Å². The van der Waals surface area contributed by atoms with Gasteiger partial charge in [0.15, 0.2) is 0 Å². The Morgan fingerprint density at radius 2 is 2.05 bits per heavy atom. The fraction of sp³-hybridized carbons (Fsp3) is 0.533. The maximum absolute atomic E-state index is 12.3. The molecule has 1 saturated carbocycles. The molecule has 2 rings (SSSR count). The summed E-state index contributed by atoms with van der Waals surface area (Å²) in [6.45, 7) is 2.14. The third kappa shape index (κ3) is 3.51. The van der Waals surface area contributed by atoms with Crippen molar-refractivity contribution in [2.45, 2.75) is 38.6 Å².